The summed E-state index contributed by atoms with van der Waals surface area (Å²) in [7, 11) is 0. The largest absolute Gasteiger partial charge is 0.482 e. The fraction of sp³-hybridized carbons (Fsp3) is 0.308. The Labute approximate surface area is 119 Å². The van der Waals surface area contributed by atoms with Crippen LogP contribution in [0.4, 0.5) is 5.13 Å². The molecule has 2 heterocycles. The predicted molar refractivity (Wildman–Crippen MR) is 74.2 cm³/mol. The zero-order valence-corrected chi connectivity index (χ0v) is 11.8. The minimum Gasteiger partial charge on any atom is -0.482 e. The van der Waals surface area contributed by atoms with Gasteiger partial charge in [0.15, 0.2) is 11.5 Å². The van der Waals surface area contributed by atoms with Crippen molar-refractivity contribution in [3.8, 4) is 11.5 Å². The van der Waals surface area contributed by atoms with Crippen LogP contribution >= 0.6 is 11.3 Å². The van der Waals surface area contributed by atoms with E-state index in [0.29, 0.717) is 16.6 Å². The van der Waals surface area contributed by atoms with Crippen molar-refractivity contribution in [1.82, 2.24) is 10.2 Å². The third-order valence-electron chi connectivity index (χ3n) is 2.86. The van der Waals surface area contributed by atoms with Crippen LogP contribution in [0.25, 0.3) is 0 Å². The Kier molecular flexibility index (Phi) is 3.27. The second-order valence-corrected chi connectivity index (χ2v) is 5.61. The maximum Gasteiger partial charge on any atom is 0.271 e. The highest BCUT2D eigenvalue weighted by Gasteiger charge is 2.34. The van der Waals surface area contributed by atoms with Crippen molar-refractivity contribution in [2.75, 3.05) is 5.32 Å². The molecule has 104 valence electrons. The van der Waals surface area contributed by atoms with Crippen LogP contribution in [0.15, 0.2) is 24.3 Å². The summed E-state index contributed by atoms with van der Waals surface area (Å²) in [5.41, 5.74) is 0. The third-order valence-corrected chi connectivity index (χ3v) is 3.61. The fourth-order valence-electron chi connectivity index (χ4n) is 1.93. The second kappa shape index (κ2) is 5.09. The molecule has 6 nitrogen and oxygen atoms in total. The number of para-hydroxylation sites is 2. The average molecular weight is 291 g/mol. The van der Waals surface area contributed by atoms with Gasteiger partial charge < -0.3 is 9.47 Å². The van der Waals surface area contributed by atoms with Gasteiger partial charge in [0, 0.05) is 0 Å². The molecule has 0 fully saturated rings. The van der Waals surface area contributed by atoms with Crippen molar-refractivity contribution in [3.05, 3.63) is 29.3 Å². The average Bonchev–Trinajstić information content (AvgIpc) is 2.83. The van der Waals surface area contributed by atoms with Gasteiger partial charge in [-0.3, -0.25) is 10.1 Å². The molecular weight excluding hydrogens is 278 g/mol. The van der Waals surface area contributed by atoms with Crippen molar-refractivity contribution >= 4 is 22.4 Å². The maximum absolute atomic E-state index is 12.2. The van der Waals surface area contributed by atoms with Crippen LogP contribution in [0, 0.1) is 6.92 Å². The Morgan fingerprint density at radius 3 is 2.60 bits per heavy atom. The molecule has 1 aromatic heterocycles. The summed E-state index contributed by atoms with van der Waals surface area (Å²) in [6.45, 7) is 3.62. The van der Waals surface area contributed by atoms with Crippen molar-refractivity contribution in [2.45, 2.75) is 26.1 Å². The number of anilines is 1. The molecule has 1 aromatic carbocycles. The molecule has 0 radical (unpaired) electrons. The first-order chi connectivity index (χ1) is 9.63. The Bertz CT molecular complexity index is 643. The number of amides is 1. The van der Waals surface area contributed by atoms with Gasteiger partial charge in [-0.15, -0.1) is 10.2 Å². The van der Waals surface area contributed by atoms with E-state index in [2.05, 4.69) is 15.5 Å². The van der Waals surface area contributed by atoms with Crippen LogP contribution in [0.5, 0.6) is 11.5 Å². The number of carbonyl (C=O) groups excluding carboxylic acids is 1. The minimum atomic E-state index is -0.714. The van der Waals surface area contributed by atoms with Crippen LogP contribution in [0.1, 0.15) is 11.9 Å². The van der Waals surface area contributed by atoms with Gasteiger partial charge in [0.1, 0.15) is 11.1 Å². The van der Waals surface area contributed by atoms with Gasteiger partial charge in [0.2, 0.25) is 11.2 Å². The second-order valence-electron chi connectivity index (χ2n) is 4.42. The lowest BCUT2D eigenvalue weighted by Crippen LogP contribution is -2.46. The van der Waals surface area contributed by atoms with Crippen molar-refractivity contribution in [3.63, 3.8) is 0 Å². The molecule has 1 aliphatic heterocycles. The van der Waals surface area contributed by atoms with Crippen LogP contribution in [-0.2, 0) is 4.79 Å². The number of hydrogen-bond acceptors (Lipinski definition) is 6. The first kappa shape index (κ1) is 12.9. The number of aromatic nitrogens is 2. The number of nitrogens with zero attached hydrogens (tertiary/aromatic N) is 2. The lowest BCUT2D eigenvalue weighted by molar-refractivity contribution is -0.128. The number of hydrogen-bond donors (Lipinski definition) is 1. The molecule has 0 aliphatic carbocycles. The van der Waals surface area contributed by atoms with Crippen LogP contribution in [0.2, 0.25) is 0 Å². The Balaban J connectivity index is 1.75. The van der Waals surface area contributed by atoms with Crippen molar-refractivity contribution in [2.24, 2.45) is 0 Å². The number of fused-ring (bicyclic) bond motifs is 1. The molecule has 1 aliphatic rings. The first-order valence-corrected chi connectivity index (χ1v) is 6.98. The molecule has 3 rings (SSSR count). The number of ether oxygens (including phenoxy) is 2. The molecule has 0 saturated heterocycles. The summed E-state index contributed by atoms with van der Waals surface area (Å²) in [6, 6.07) is 7.28. The van der Waals surface area contributed by atoms with Crippen molar-refractivity contribution < 1.29 is 14.3 Å². The highest BCUT2D eigenvalue weighted by atomic mass is 32.1. The van der Waals surface area contributed by atoms with Crippen LogP contribution in [0.3, 0.4) is 0 Å². The number of carbonyl (C=O) groups is 1. The van der Waals surface area contributed by atoms with E-state index >= 15 is 0 Å². The summed E-state index contributed by atoms with van der Waals surface area (Å²) in [5.74, 6) is 0.929. The Hall–Kier alpha value is -2.15. The normalized spacial score (nSPS) is 20.5. The molecule has 0 saturated carbocycles. The summed E-state index contributed by atoms with van der Waals surface area (Å²) in [5, 5.41) is 11.7. The van der Waals surface area contributed by atoms with E-state index in [9.17, 15) is 4.79 Å². The summed E-state index contributed by atoms with van der Waals surface area (Å²) in [4.78, 5) is 12.2. The van der Waals surface area contributed by atoms with Gasteiger partial charge in [-0.2, -0.15) is 0 Å². The highest BCUT2D eigenvalue weighted by Crippen LogP contribution is 2.33. The SMILES string of the molecule is Cc1nnc(NC(=O)[C@@H]2Oc3ccccc3O[C@H]2C)s1. The first-order valence-electron chi connectivity index (χ1n) is 6.17. The summed E-state index contributed by atoms with van der Waals surface area (Å²) < 4.78 is 11.4. The molecule has 1 N–H and O–H groups in total. The van der Waals surface area contributed by atoms with Gasteiger partial charge in [-0.1, -0.05) is 23.5 Å². The molecule has 0 bridgehead atoms. The zero-order chi connectivity index (χ0) is 14.1. The van der Waals surface area contributed by atoms with Gasteiger partial charge in [0.05, 0.1) is 0 Å². The van der Waals surface area contributed by atoms with E-state index in [4.69, 9.17) is 9.47 Å². The Morgan fingerprint density at radius 2 is 1.95 bits per heavy atom. The number of nitrogens with one attached hydrogen (secondary N) is 1. The summed E-state index contributed by atoms with van der Waals surface area (Å²) >= 11 is 1.32. The van der Waals surface area contributed by atoms with Gasteiger partial charge in [0.25, 0.3) is 5.91 Å². The minimum absolute atomic E-state index is 0.289. The standard InChI is InChI=1S/C13H13N3O3S/c1-7-11(12(17)14-13-16-15-8(2)20-13)19-10-6-4-3-5-9(10)18-7/h3-7,11H,1-2H3,(H,14,16,17)/t7-,11+/m0/s1. The zero-order valence-electron chi connectivity index (χ0n) is 11.0. The Morgan fingerprint density at radius 1 is 1.25 bits per heavy atom. The molecule has 2 aromatic rings. The molecule has 20 heavy (non-hydrogen) atoms. The van der Waals surface area contributed by atoms with Crippen molar-refractivity contribution in [1.29, 1.82) is 0 Å². The van der Waals surface area contributed by atoms with Gasteiger partial charge >= 0.3 is 0 Å². The molecule has 2 atom stereocenters. The molecule has 1 amide bonds. The van der Waals surface area contributed by atoms with E-state index < -0.39 is 6.10 Å². The topological polar surface area (TPSA) is 73.3 Å². The lowest BCUT2D eigenvalue weighted by atomic mass is 10.1. The smallest absolute Gasteiger partial charge is 0.271 e. The quantitative estimate of drug-likeness (QED) is 0.916. The molecule has 0 spiro atoms. The number of rotatable bonds is 2. The number of aryl methyl sites for hydroxylation is 1. The van der Waals surface area contributed by atoms with Crippen LogP contribution < -0.4 is 14.8 Å². The predicted octanol–water partition coefficient (Wildman–Crippen LogP) is 2.01. The van der Waals surface area contributed by atoms with E-state index in [1.165, 1.54) is 11.3 Å². The van der Waals surface area contributed by atoms with E-state index in [1.54, 1.807) is 13.0 Å². The molecule has 7 heteroatoms. The summed E-state index contributed by atoms with van der Waals surface area (Å²) in [6.07, 6.45) is -1.09. The van der Waals surface area contributed by atoms with E-state index in [-0.39, 0.29) is 12.0 Å². The number of benzene rings is 1. The highest BCUT2D eigenvalue weighted by molar-refractivity contribution is 7.15. The van der Waals surface area contributed by atoms with Gasteiger partial charge in [-0.05, 0) is 26.0 Å². The monoisotopic (exact) mass is 291 g/mol. The lowest BCUT2D eigenvalue weighted by Gasteiger charge is -2.30. The molecular formula is C13H13N3O3S. The maximum atomic E-state index is 12.2. The van der Waals surface area contributed by atoms with Gasteiger partial charge in [-0.25, -0.2) is 0 Å². The fourth-order valence-corrected chi connectivity index (χ4v) is 2.52. The van der Waals surface area contributed by atoms with Crippen LogP contribution in [-0.4, -0.2) is 28.3 Å². The van der Waals surface area contributed by atoms with E-state index in [0.717, 1.165) is 5.01 Å². The van der Waals surface area contributed by atoms with E-state index in [1.807, 2.05) is 25.1 Å². The molecule has 0 unspecified atom stereocenters. The third kappa shape index (κ3) is 2.44.